The summed E-state index contributed by atoms with van der Waals surface area (Å²) in [5.74, 6) is 1.74. The highest BCUT2D eigenvalue weighted by Gasteiger charge is 2.24. The Bertz CT molecular complexity index is 199. The van der Waals surface area contributed by atoms with E-state index in [9.17, 15) is 0 Å². The van der Waals surface area contributed by atoms with Gasteiger partial charge in [-0.15, -0.1) is 0 Å². The van der Waals surface area contributed by atoms with Gasteiger partial charge in [-0.05, 0) is 39.3 Å². The molecule has 1 atom stereocenters. The fourth-order valence-corrected chi connectivity index (χ4v) is 2.76. The number of hydrazine groups is 1. The fraction of sp³-hybridized carbons (Fsp3) is 0.923. The Morgan fingerprint density at radius 2 is 2.00 bits per heavy atom. The molecular weight excluding hydrogens is 198 g/mol. The molecule has 1 saturated carbocycles. The molecule has 93 valence electrons. The first-order valence-corrected chi connectivity index (χ1v) is 6.74. The standard InChI is InChI=1S/C13H26N3/c1-15(2)13-8-9-16(11-13)14-10-12-6-4-3-5-7-12/h13-14H,3-11H2,1-2H3. The summed E-state index contributed by atoms with van der Waals surface area (Å²) in [6, 6.07) is 0.740. The molecule has 2 aliphatic rings. The van der Waals surface area contributed by atoms with E-state index in [1.807, 2.05) is 0 Å². The molecule has 0 aromatic heterocycles. The molecule has 2 rings (SSSR count). The molecular formula is C13H26N3. The van der Waals surface area contributed by atoms with Crippen molar-refractivity contribution in [3.05, 3.63) is 5.92 Å². The Hall–Kier alpha value is -0.120. The molecule has 1 unspecified atom stereocenters. The van der Waals surface area contributed by atoms with Gasteiger partial charge in [-0.25, -0.2) is 5.01 Å². The molecule has 0 aromatic carbocycles. The van der Waals surface area contributed by atoms with Crippen LogP contribution in [0, 0.1) is 5.92 Å². The van der Waals surface area contributed by atoms with Crippen LogP contribution in [0.25, 0.3) is 0 Å². The summed E-state index contributed by atoms with van der Waals surface area (Å²) in [5.41, 5.74) is 3.61. The molecule has 3 nitrogen and oxygen atoms in total. The van der Waals surface area contributed by atoms with Gasteiger partial charge < -0.3 is 4.90 Å². The Labute approximate surface area is 100 Å². The molecule has 1 heterocycles. The molecule has 0 spiro atoms. The monoisotopic (exact) mass is 224 g/mol. The summed E-state index contributed by atoms with van der Waals surface area (Å²) in [6.45, 7) is 3.51. The number of nitrogens with zero attached hydrogens (tertiary/aromatic N) is 2. The zero-order valence-corrected chi connectivity index (χ0v) is 10.8. The number of likely N-dealkylation sites (N-methyl/N-ethyl adjacent to an activating group) is 1. The lowest BCUT2D eigenvalue weighted by atomic mass is 9.89. The van der Waals surface area contributed by atoms with Gasteiger partial charge in [0.25, 0.3) is 0 Å². The topological polar surface area (TPSA) is 18.5 Å². The third-order valence-corrected chi connectivity index (χ3v) is 4.01. The van der Waals surface area contributed by atoms with Gasteiger partial charge >= 0.3 is 0 Å². The van der Waals surface area contributed by atoms with Gasteiger partial charge in [-0.3, -0.25) is 5.43 Å². The van der Waals surface area contributed by atoms with Crippen LogP contribution >= 0.6 is 0 Å². The number of hydrogen-bond acceptors (Lipinski definition) is 3. The van der Waals surface area contributed by atoms with Gasteiger partial charge in [0.15, 0.2) is 0 Å². The van der Waals surface area contributed by atoms with Crippen LogP contribution in [0.5, 0.6) is 0 Å². The summed E-state index contributed by atoms with van der Waals surface area (Å²) in [4.78, 5) is 2.34. The Morgan fingerprint density at radius 3 is 2.62 bits per heavy atom. The van der Waals surface area contributed by atoms with Crippen LogP contribution in [0.1, 0.15) is 38.5 Å². The van der Waals surface area contributed by atoms with Crippen LogP contribution in [0.4, 0.5) is 0 Å². The molecule has 1 aliphatic carbocycles. The second kappa shape index (κ2) is 5.99. The highest BCUT2D eigenvalue weighted by Crippen LogP contribution is 2.24. The molecule has 2 fully saturated rings. The summed E-state index contributed by atoms with van der Waals surface area (Å²) < 4.78 is 0. The van der Waals surface area contributed by atoms with E-state index in [1.165, 1.54) is 51.6 Å². The maximum Gasteiger partial charge on any atom is 0.0287 e. The van der Waals surface area contributed by atoms with E-state index in [1.54, 1.807) is 5.92 Å². The molecule has 0 amide bonds. The Balaban J connectivity index is 1.63. The molecule has 0 aromatic rings. The molecule has 3 heteroatoms. The number of rotatable bonds is 4. The van der Waals surface area contributed by atoms with Crippen LogP contribution in [-0.2, 0) is 0 Å². The van der Waals surface area contributed by atoms with Crippen molar-refractivity contribution in [3.8, 4) is 0 Å². The predicted octanol–water partition coefficient (Wildman–Crippen LogP) is 1.67. The van der Waals surface area contributed by atoms with Crippen LogP contribution < -0.4 is 5.43 Å². The second-order valence-corrected chi connectivity index (χ2v) is 5.50. The summed E-state index contributed by atoms with van der Waals surface area (Å²) >= 11 is 0. The quantitative estimate of drug-likeness (QED) is 0.783. The van der Waals surface area contributed by atoms with E-state index < -0.39 is 0 Å². The molecule has 1 aliphatic heterocycles. The van der Waals surface area contributed by atoms with Gasteiger partial charge in [0, 0.05) is 25.7 Å². The normalized spacial score (nSPS) is 29.1. The highest BCUT2D eigenvalue weighted by molar-refractivity contribution is 4.94. The first kappa shape index (κ1) is 12.3. The number of nitrogens with one attached hydrogen (secondary N) is 1. The van der Waals surface area contributed by atoms with E-state index in [-0.39, 0.29) is 0 Å². The minimum Gasteiger partial charge on any atom is -0.305 e. The van der Waals surface area contributed by atoms with E-state index in [0.29, 0.717) is 0 Å². The molecule has 1 saturated heterocycles. The van der Waals surface area contributed by atoms with Crippen molar-refractivity contribution in [1.29, 1.82) is 0 Å². The van der Waals surface area contributed by atoms with Crippen LogP contribution in [0.3, 0.4) is 0 Å². The zero-order valence-electron chi connectivity index (χ0n) is 10.8. The SMILES string of the molecule is CN(C)C1CCN(NC[C]2CCCCC2)C1. The average Bonchev–Trinajstić information content (AvgIpc) is 2.76. The predicted molar refractivity (Wildman–Crippen MR) is 68.0 cm³/mol. The van der Waals surface area contributed by atoms with Crippen molar-refractivity contribution in [3.63, 3.8) is 0 Å². The Morgan fingerprint density at radius 1 is 1.25 bits per heavy atom. The smallest absolute Gasteiger partial charge is 0.0287 e. The van der Waals surface area contributed by atoms with Gasteiger partial charge in [0.05, 0.1) is 0 Å². The average molecular weight is 224 g/mol. The zero-order chi connectivity index (χ0) is 11.4. The molecule has 1 radical (unpaired) electrons. The van der Waals surface area contributed by atoms with Crippen molar-refractivity contribution in [2.75, 3.05) is 33.7 Å². The van der Waals surface area contributed by atoms with Crippen molar-refractivity contribution >= 4 is 0 Å². The number of hydrogen-bond donors (Lipinski definition) is 1. The second-order valence-electron chi connectivity index (χ2n) is 5.50. The minimum atomic E-state index is 0.740. The molecule has 0 bridgehead atoms. The summed E-state index contributed by atoms with van der Waals surface area (Å²) in [6.07, 6.45) is 8.29. The van der Waals surface area contributed by atoms with Gasteiger partial charge in [0.2, 0.25) is 0 Å². The Kier molecular flexibility index (Phi) is 4.62. The fourth-order valence-electron chi connectivity index (χ4n) is 2.76. The lowest BCUT2D eigenvalue weighted by molar-refractivity contribution is 0.208. The molecule has 1 N–H and O–H groups in total. The van der Waals surface area contributed by atoms with Gasteiger partial charge in [-0.2, -0.15) is 0 Å². The third kappa shape index (κ3) is 3.44. The first-order valence-electron chi connectivity index (χ1n) is 6.74. The van der Waals surface area contributed by atoms with E-state index >= 15 is 0 Å². The lowest BCUT2D eigenvalue weighted by Crippen LogP contribution is -2.41. The van der Waals surface area contributed by atoms with Crippen molar-refractivity contribution in [1.82, 2.24) is 15.3 Å². The maximum atomic E-state index is 3.61. The van der Waals surface area contributed by atoms with E-state index in [4.69, 9.17) is 0 Å². The maximum absolute atomic E-state index is 3.61. The third-order valence-electron chi connectivity index (χ3n) is 4.01. The summed E-state index contributed by atoms with van der Waals surface area (Å²) in [7, 11) is 4.37. The van der Waals surface area contributed by atoms with Crippen LogP contribution in [-0.4, -0.2) is 49.7 Å². The lowest BCUT2D eigenvalue weighted by Gasteiger charge is -2.25. The van der Waals surface area contributed by atoms with E-state index in [2.05, 4.69) is 29.4 Å². The summed E-state index contributed by atoms with van der Waals surface area (Å²) in [5, 5.41) is 2.41. The van der Waals surface area contributed by atoms with Crippen molar-refractivity contribution < 1.29 is 0 Å². The van der Waals surface area contributed by atoms with E-state index in [0.717, 1.165) is 12.6 Å². The van der Waals surface area contributed by atoms with Crippen LogP contribution in [0.2, 0.25) is 0 Å². The molecule has 16 heavy (non-hydrogen) atoms. The van der Waals surface area contributed by atoms with Gasteiger partial charge in [-0.1, -0.05) is 19.3 Å². The van der Waals surface area contributed by atoms with Crippen molar-refractivity contribution in [2.24, 2.45) is 0 Å². The highest BCUT2D eigenvalue weighted by atomic mass is 15.5. The van der Waals surface area contributed by atoms with Crippen molar-refractivity contribution in [2.45, 2.75) is 44.6 Å². The first-order chi connectivity index (χ1) is 7.75. The van der Waals surface area contributed by atoms with Gasteiger partial charge in [0.1, 0.15) is 0 Å². The van der Waals surface area contributed by atoms with Crippen LogP contribution in [0.15, 0.2) is 0 Å². The largest absolute Gasteiger partial charge is 0.305 e. The minimum absolute atomic E-state index is 0.740.